The Morgan fingerprint density at radius 1 is 1.50 bits per heavy atom. The summed E-state index contributed by atoms with van der Waals surface area (Å²) >= 11 is 0. The van der Waals surface area contributed by atoms with E-state index in [0.29, 0.717) is 5.56 Å². The monoisotopic (exact) mass is 267 g/mol. The number of rotatable bonds is 5. The molecular weight excluding hydrogens is 254 g/mol. The van der Waals surface area contributed by atoms with Crippen molar-refractivity contribution in [2.75, 3.05) is 0 Å². The first-order valence-electron chi connectivity index (χ1n) is 5.13. The predicted molar refractivity (Wildman–Crippen MR) is 65.6 cm³/mol. The lowest BCUT2D eigenvalue weighted by Crippen LogP contribution is -2.42. The van der Waals surface area contributed by atoms with E-state index in [1.54, 1.807) is 18.2 Å². The molecule has 0 bridgehead atoms. The van der Waals surface area contributed by atoms with Gasteiger partial charge in [-0.05, 0) is 18.6 Å². The fourth-order valence-electron chi connectivity index (χ4n) is 1.33. The lowest BCUT2D eigenvalue weighted by molar-refractivity contribution is -0.119. The molecule has 0 heterocycles. The predicted octanol–water partition coefficient (Wildman–Crippen LogP) is -0.149. The maximum absolute atomic E-state index is 11.8. The number of nitrogens with zero attached hydrogens (tertiary/aromatic N) is 1. The highest BCUT2D eigenvalue weighted by atomic mass is 32.2. The quantitative estimate of drug-likeness (QED) is 0.772. The summed E-state index contributed by atoms with van der Waals surface area (Å²) in [6.07, 6.45) is 0. The second kappa shape index (κ2) is 5.62. The van der Waals surface area contributed by atoms with Crippen LogP contribution in [-0.4, -0.2) is 20.4 Å². The topological polar surface area (TPSA) is 113 Å². The number of nitriles is 1. The molecule has 7 heteroatoms. The van der Waals surface area contributed by atoms with Gasteiger partial charge in [-0.2, -0.15) is 5.26 Å². The smallest absolute Gasteiger partial charge is 0.235 e. The summed E-state index contributed by atoms with van der Waals surface area (Å²) in [6.45, 7) is 1.36. The van der Waals surface area contributed by atoms with Crippen LogP contribution >= 0.6 is 0 Å². The van der Waals surface area contributed by atoms with Gasteiger partial charge < -0.3 is 5.73 Å². The fraction of sp³-hybridized carbons (Fsp3) is 0.273. The van der Waals surface area contributed by atoms with Crippen LogP contribution in [0.25, 0.3) is 0 Å². The van der Waals surface area contributed by atoms with Crippen molar-refractivity contribution >= 4 is 15.9 Å². The van der Waals surface area contributed by atoms with Gasteiger partial charge in [0.05, 0.1) is 23.4 Å². The maximum Gasteiger partial charge on any atom is 0.235 e. The van der Waals surface area contributed by atoms with Crippen molar-refractivity contribution in [3.05, 3.63) is 35.4 Å². The summed E-state index contributed by atoms with van der Waals surface area (Å²) < 4.78 is 25.7. The van der Waals surface area contributed by atoms with Crippen molar-refractivity contribution in [1.29, 1.82) is 5.26 Å². The first-order valence-corrected chi connectivity index (χ1v) is 6.78. The molecule has 0 aliphatic heterocycles. The minimum absolute atomic E-state index is 0.287. The first-order chi connectivity index (χ1) is 8.35. The van der Waals surface area contributed by atoms with Gasteiger partial charge in [0, 0.05) is 0 Å². The Labute approximate surface area is 105 Å². The van der Waals surface area contributed by atoms with Crippen molar-refractivity contribution < 1.29 is 13.2 Å². The van der Waals surface area contributed by atoms with E-state index in [9.17, 15) is 13.2 Å². The van der Waals surface area contributed by atoms with Gasteiger partial charge in [-0.25, -0.2) is 13.1 Å². The number of hydrogen-bond donors (Lipinski definition) is 2. The normalized spacial score (nSPS) is 12.7. The Bertz CT molecular complexity index is 590. The van der Waals surface area contributed by atoms with E-state index >= 15 is 0 Å². The lowest BCUT2D eigenvalue weighted by Gasteiger charge is -2.11. The van der Waals surface area contributed by atoms with Gasteiger partial charge >= 0.3 is 0 Å². The minimum Gasteiger partial charge on any atom is -0.368 e. The highest BCUT2D eigenvalue weighted by Crippen LogP contribution is 2.11. The molecule has 0 fully saturated rings. The van der Waals surface area contributed by atoms with Crippen molar-refractivity contribution in [2.24, 2.45) is 5.73 Å². The lowest BCUT2D eigenvalue weighted by atomic mass is 10.1. The van der Waals surface area contributed by atoms with E-state index in [1.165, 1.54) is 13.0 Å². The minimum atomic E-state index is -3.71. The Morgan fingerprint density at radius 2 is 2.11 bits per heavy atom. The Balaban J connectivity index is 2.90. The average Bonchev–Trinajstić information content (AvgIpc) is 2.28. The van der Waals surface area contributed by atoms with Crippen LogP contribution in [0.2, 0.25) is 0 Å². The number of benzene rings is 1. The molecule has 0 aliphatic rings. The van der Waals surface area contributed by atoms with Crippen molar-refractivity contribution in [2.45, 2.75) is 18.7 Å². The van der Waals surface area contributed by atoms with Crippen LogP contribution < -0.4 is 10.5 Å². The molecule has 0 aromatic heterocycles. The molecule has 0 radical (unpaired) electrons. The SMILES string of the molecule is CC(NS(=O)(=O)Cc1ccccc1C#N)C(N)=O. The van der Waals surface area contributed by atoms with Crippen molar-refractivity contribution in [3.8, 4) is 6.07 Å². The zero-order chi connectivity index (χ0) is 13.8. The summed E-state index contributed by atoms with van der Waals surface area (Å²) in [5, 5.41) is 8.85. The number of carbonyl (C=O) groups excluding carboxylic acids is 1. The number of amides is 1. The third-order valence-corrected chi connectivity index (χ3v) is 3.67. The van der Waals surface area contributed by atoms with Gasteiger partial charge in [-0.3, -0.25) is 4.79 Å². The Morgan fingerprint density at radius 3 is 2.67 bits per heavy atom. The van der Waals surface area contributed by atoms with E-state index in [4.69, 9.17) is 11.0 Å². The standard InChI is InChI=1S/C11H13N3O3S/c1-8(11(13)15)14-18(16,17)7-10-5-3-2-4-9(10)6-12/h2-5,8,14H,7H2,1H3,(H2,13,15). The van der Waals surface area contributed by atoms with E-state index in [-0.39, 0.29) is 11.3 Å². The molecular formula is C11H13N3O3S. The summed E-state index contributed by atoms with van der Waals surface area (Å²) in [5.74, 6) is -1.12. The summed E-state index contributed by atoms with van der Waals surface area (Å²) in [4.78, 5) is 10.8. The largest absolute Gasteiger partial charge is 0.368 e. The van der Waals surface area contributed by atoms with Gasteiger partial charge in [-0.1, -0.05) is 18.2 Å². The number of primary amides is 1. The zero-order valence-corrected chi connectivity index (χ0v) is 10.6. The molecule has 1 aromatic carbocycles. The third kappa shape index (κ3) is 3.84. The number of nitrogens with two attached hydrogens (primary N) is 1. The van der Waals surface area contributed by atoms with Crippen molar-refractivity contribution in [1.82, 2.24) is 4.72 Å². The second-order valence-electron chi connectivity index (χ2n) is 3.77. The summed E-state index contributed by atoms with van der Waals surface area (Å²) in [6, 6.07) is 7.30. The number of carbonyl (C=O) groups is 1. The zero-order valence-electron chi connectivity index (χ0n) is 9.75. The molecule has 18 heavy (non-hydrogen) atoms. The van der Waals surface area contributed by atoms with Gasteiger partial charge in [0.15, 0.2) is 0 Å². The van der Waals surface area contributed by atoms with Gasteiger partial charge in [0.25, 0.3) is 0 Å². The van der Waals surface area contributed by atoms with Crippen molar-refractivity contribution in [3.63, 3.8) is 0 Å². The molecule has 0 saturated carbocycles. The second-order valence-corrected chi connectivity index (χ2v) is 5.52. The van der Waals surface area contributed by atoms with Gasteiger partial charge in [0.1, 0.15) is 0 Å². The first kappa shape index (κ1) is 14.2. The molecule has 1 amide bonds. The molecule has 3 N–H and O–H groups in total. The van der Waals surface area contributed by atoms with Crippen LogP contribution in [-0.2, 0) is 20.6 Å². The van der Waals surface area contributed by atoms with Crippen LogP contribution in [0.3, 0.4) is 0 Å². The molecule has 1 aromatic rings. The fourth-order valence-corrected chi connectivity index (χ4v) is 2.73. The molecule has 96 valence electrons. The highest BCUT2D eigenvalue weighted by Gasteiger charge is 2.19. The van der Waals surface area contributed by atoms with E-state index in [0.717, 1.165) is 0 Å². The van der Waals surface area contributed by atoms with Crippen LogP contribution in [0.1, 0.15) is 18.1 Å². The summed E-state index contributed by atoms with van der Waals surface area (Å²) in [5.41, 5.74) is 5.64. The third-order valence-electron chi connectivity index (χ3n) is 2.27. The molecule has 1 atom stereocenters. The van der Waals surface area contributed by atoms with E-state index in [1.807, 2.05) is 6.07 Å². The average molecular weight is 267 g/mol. The van der Waals surface area contributed by atoms with Crippen LogP contribution in [0.4, 0.5) is 0 Å². The summed E-state index contributed by atoms with van der Waals surface area (Å²) in [7, 11) is -3.71. The maximum atomic E-state index is 11.8. The van der Waals surface area contributed by atoms with Crippen LogP contribution in [0.15, 0.2) is 24.3 Å². The number of nitrogens with one attached hydrogen (secondary N) is 1. The molecule has 0 spiro atoms. The van der Waals surface area contributed by atoms with E-state index < -0.39 is 22.0 Å². The van der Waals surface area contributed by atoms with Crippen LogP contribution in [0, 0.1) is 11.3 Å². The molecule has 6 nitrogen and oxygen atoms in total. The van der Waals surface area contributed by atoms with Crippen LogP contribution in [0.5, 0.6) is 0 Å². The van der Waals surface area contributed by atoms with E-state index in [2.05, 4.69) is 4.72 Å². The Kier molecular flexibility index (Phi) is 4.42. The van der Waals surface area contributed by atoms with Gasteiger partial charge in [-0.15, -0.1) is 0 Å². The molecule has 1 rings (SSSR count). The van der Waals surface area contributed by atoms with Gasteiger partial charge in [0.2, 0.25) is 15.9 Å². The highest BCUT2D eigenvalue weighted by molar-refractivity contribution is 7.88. The number of hydrogen-bond acceptors (Lipinski definition) is 4. The molecule has 0 saturated heterocycles. The number of sulfonamides is 1. The molecule has 0 aliphatic carbocycles. The Hall–Kier alpha value is -1.91. The molecule has 1 unspecified atom stereocenters.